The third-order valence-electron chi connectivity index (χ3n) is 4.85. The van der Waals surface area contributed by atoms with Gasteiger partial charge in [-0.25, -0.2) is 13.6 Å². The Balaban J connectivity index is 1.88. The quantitative estimate of drug-likeness (QED) is 0.824. The fourth-order valence-corrected chi connectivity index (χ4v) is 3.98. The third-order valence-corrected chi connectivity index (χ3v) is 5.66. The standard InChI is InChI=1S/C18H29NO3S/c1-14(2)15-7-9-18(10-8-15)22-13-17-6-4-3-5-16(17)11-12-23(19,20)21/h7-10,14,16-17H,3-6,11-13H2,1-2H3,(H2,19,20,21). The number of benzene rings is 1. The summed E-state index contributed by atoms with van der Waals surface area (Å²) >= 11 is 0. The summed E-state index contributed by atoms with van der Waals surface area (Å²) in [6, 6.07) is 8.27. The molecule has 1 fully saturated rings. The number of hydrogen-bond acceptors (Lipinski definition) is 3. The highest BCUT2D eigenvalue weighted by Gasteiger charge is 2.26. The van der Waals surface area contributed by atoms with Crippen molar-refractivity contribution >= 4 is 10.0 Å². The lowest BCUT2D eigenvalue weighted by molar-refractivity contribution is 0.146. The predicted molar refractivity (Wildman–Crippen MR) is 94.1 cm³/mol. The summed E-state index contributed by atoms with van der Waals surface area (Å²) in [4.78, 5) is 0. The maximum Gasteiger partial charge on any atom is 0.209 e. The molecule has 0 spiro atoms. The number of rotatable bonds is 7. The molecule has 1 aromatic carbocycles. The van der Waals surface area contributed by atoms with Crippen molar-refractivity contribution in [2.24, 2.45) is 17.0 Å². The van der Waals surface area contributed by atoms with E-state index in [1.165, 1.54) is 18.4 Å². The van der Waals surface area contributed by atoms with Crippen molar-refractivity contribution < 1.29 is 13.2 Å². The Kier molecular flexibility index (Phi) is 6.48. The van der Waals surface area contributed by atoms with Gasteiger partial charge in [0.1, 0.15) is 5.75 Å². The van der Waals surface area contributed by atoms with Crippen LogP contribution in [0.5, 0.6) is 5.75 Å². The third kappa shape index (κ3) is 6.15. The van der Waals surface area contributed by atoms with Crippen molar-refractivity contribution in [3.63, 3.8) is 0 Å². The van der Waals surface area contributed by atoms with Gasteiger partial charge in [-0.1, -0.05) is 45.2 Å². The summed E-state index contributed by atoms with van der Waals surface area (Å²) in [6.07, 6.45) is 5.22. The molecule has 0 aromatic heterocycles. The first kappa shape index (κ1) is 18.3. The Hall–Kier alpha value is -1.07. The molecule has 4 nitrogen and oxygen atoms in total. The molecule has 0 bridgehead atoms. The SMILES string of the molecule is CC(C)c1ccc(OCC2CCCCC2CCS(N)(=O)=O)cc1. The van der Waals surface area contributed by atoms with E-state index >= 15 is 0 Å². The molecule has 1 aliphatic carbocycles. The highest BCUT2D eigenvalue weighted by atomic mass is 32.2. The molecule has 1 aromatic rings. The lowest BCUT2D eigenvalue weighted by Gasteiger charge is -2.31. The van der Waals surface area contributed by atoms with Crippen molar-refractivity contribution in [3.8, 4) is 5.75 Å². The topological polar surface area (TPSA) is 69.4 Å². The van der Waals surface area contributed by atoms with Crippen LogP contribution >= 0.6 is 0 Å². The van der Waals surface area contributed by atoms with Gasteiger partial charge in [-0.2, -0.15) is 0 Å². The fraction of sp³-hybridized carbons (Fsp3) is 0.667. The van der Waals surface area contributed by atoms with E-state index in [4.69, 9.17) is 9.88 Å². The highest BCUT2D eigenvalue weighted by molar-refractivity contribution is 7.89. The second-order valence-corrected chi connectivity index (χ2v) is 8.73. The minimum absolute atomic E-state index is 0.0806. The molecule has 2 unspecified atom stereocenters. The van der Waals surface area contributed by atoms with E-state index in [2.05, 4.69) is 26.0 Å². The Morgan fingerprint density at radius 1 is 1.13 bits per heavy atom. The monoisotopic (exact) mass is 339 g/mol. The Labute approximate surface area is 140 Å². The normalized spacial score (nSPS) is 22.3. The molecular weight excluding hydrogens is 310 g/mol. The maximum atomic E-state index is 11.2. The smallest absolute Gasteiger partial charge is 0.209 e. The van der Waals surface area contributed by atoms with Gasteiger partial charge in [-0.05, 0) is 48.3 Å². The van der Waals surface area contributed by atoms with E-state index in [1.54, 1.807) is 0 Å². The van der Waals surface area contributed by atoms with Gasteiger partial charge in [-0.3, -0.25) is 0 Å². The minimum atomic E-state index is -3.37. The molecule has 23 heavy (non-hydrogen) atoms. The van der Waals surface area contributed by atoms with Crippen LogP contribution in [0.1, 0.15) is 57.4 Å². The number of sulfonamides is 1. The lowest BCUT2D eigenvalue weighted by Crippen LogP contribution is -2.28. The van der Waals surface area contributed by atoms with E-state index in [0.29, 0.717) is 30.8 Å². The van der Waals surface area contributed by atoms with Crippen molar-refractivity contribution in [2.45, 2.75) is 51.9 Å². The first-order valence-corrected chi connectivity index (χ1v) is 10.3. The van der Waals surface area contributed by atoms with E-state index < -0.39 is 10.0 Å². The fourth-order valence-electron chi connectivity index (χ4n) is 3.35. The molecule has 1 aliphatic rings. The first-order valence-electron chi connectivity index (χ1n) is 8.58. The van der Waals surface area contributed by atoms with E-state index in [-0.39, 0.29) is 5.75 Å². The van der Waals surface area contributed by atoms with Crippen LogP contribution in [0.3, 0.4) is 0 Å². The van der Waals surface area contributed by atoms with Crippen LogP contribution in [-0.2, 0) is 10.0 Å². The van der Waals surface area contributed by atoms with Crippen LogP contribution in [0, 0.1) is 11.8 Å². The zero-order chi connectivity index (χ0) is 16.9. The molecule has 1 saturated carbocycles. The summed E-state index contributed by atoms with van der Waals surface area (Å²) in [5.74, 6) is 2.32. The largest absolute Gasteiger partial charge is 0.493 e. The van der Waals surface area contributed by atoms with E-state index in [9.17, 15) is 8.42 Å². The van der Waals surface area contributed by atoms with Crippen molar-refractivity contribution in [1.29, 1.82) is 0 Å². The summed E-state index contributed by atoms with van der Waals surface area (Å²) in [5, 5.41) is 5.14. The van der Waals surface area contributed by atoms with Gasteiger partial charge in [0.2, 0.25) is 10.0 Å². The molecule has 130 valence electrons. The van der Waals surface area contributed by atoms with Crippen LogP contribution in [0.2, 0.25) is 0 Å². The molecule has 2 atom stereocenters. The molecule has 2 N–H and O–H groups in total. The Morgan fingerprint density at radius 3 is 2.30 bits per heavy atom. The number of primary sulfonamides is 1. The zero-order valence-electron chi connectivity index (χ0n) is 14.2. The molecule has 0 radical (unpaired) electrons. The summed E-state index contributed by atoms with van der Waals surface area (Å²) in [6.45, 7) is 5.01. The van der Waals surface area contributed by atoms with Gasteiger partial charge < -0.3 is 4.74 Å². The number of nitrogens with two attached hydrogens (primary N) is 1. The van der Waals surface area contributed by atoms with Crippen LogP contribution in [0.15, 0.2) is 24.3 Å². The van der Waals surface area contributed by atoms with Crippen LogP contribution in [-0.4, -0.2) is 20.8 Å². The Bertz CT molecular complexity index is 581. The van der Waals surface area contributed by atoms with Gasteiger partial charge >= 0.3 is 0 Å². The van der Waals surface area contributed by atoms with Gasteiger partial charge in [0.15, 0.2) is 0 Å². The first-order chi connectivity index (χ1) is 10.8. The lowest BCUT2D eigenvalue weighted by atomic mass is 9.78. The van der Waals surface area contributed by atoms with Gasteiger partial charge in [0, 0.05) is 0 Å². The van der Waals surface area contributed by atoms with Crippen LogP contribution in [0.25, 0.3) is 0 Å². The van der Waals surface area contributed by atoms with Crippen molar-refractivity contribution in [3.05, 3.63) is 29.8 Å². The Morgan fingerprint density at radius 2 is 1.74 bits per heavy atom. The average Bonchev–Trinajstić information content (AvgIpc) is 2.51. The summed E-state index contributed by atoms with van der Waals surface area (Å²) < 4.78 is 28.3. The zero-order valence-corrected chi connectivity index (χ0v) is 15.0. The average molecular weight is 340 g/mol. The van der Waals surface area contributed by atoms with E-state index in [0.717, 1.165) is 18.6 Å². The highest BCUT2D eigenvalue weighted by Crippen LogP contribution is 2.33. The molecule has 5 heteroatoms. The second-order valence-electron chi connectivity index (χ2n) is 7.00. The molecule has 2 rings (SSSR count). The number of ether oxygens (including phenoxy) is 1. The molecule has 0 heterocycles. The van der Waals surface area contributed by atoms with Crippen molar-refractivity contribution in [2.75, 3.05) is 12.4 Å². The molecule has 0 saturated heterocycles. The van der Waals surface area contributed by atoms with Gasteiger partial charge in [0.25, 0.3) is 0 Å². The van der Waals surface area contributed by atoms with Crippen LogP contribution < -0.4 is 9.88 Å². The summed E-state index contributed by atoms with van der Waals surface area (Å²) in [5.41, 5.74) is 1.31. The maximum absolute atomic E-state index is 11.2. The number of hydrogen-bond donors (Lipinski definition) is 1. The second kappa shape index (κ2) is 8.15. The van der Waals surface area contributed by atoms with E-state index in [1.807, 2.05) is 12.1 Å². The van der Waals surface area contributed by atoms with Crippen molar-refractivity contribution in [1.82, 2.24) is 0 Å². The molecule has 0 aliphatic heterocycles. The van der Waals surface area contributed by atoms with Gasteiger partial charge in [-0.15, -0.1) is 0 Å². The van der Waals surface area contributed by atoms with Crippen LogP contribution in [0.4, 0.5) is 0 Å². The molecular formula is C18H29NO3S. The molecule has 0 amide bonds. The van der Waals surface area contributed by atoms with Gasteiger partial charge in [0.05, 0.1) is 12.4 Å². The predicted octanol–water partition coefficient (Wildman–Crippen LogP) is 3.67. The minimum Gasteiger partial charge on any atom is -0.493 e. The summed E-state index contributed by atoms with van der Waals surface area (Å²) in [7, 11) is -3.37.